The van der Waals surface area contributed by atoms with Crippen LogP contribution < -0.4 is 5.32 Å². The molecule has 15 heavy (non-hydrogen) atoms. The van der Waals surface area contributed by atoms with E-state index in [2.05, 4.69) is 5.32 Å². The van der Waals surface area contributed by atoms with Gasteiger partial charge in [0.05, 0.1) is 11.7 Å². The number of aliphatic hydroxyl groups excluding tert-OH is 1. The lowest BCUT2D eigenvalue weighted by Crippen LogP contribution is -2.59. The van der Waals surface area contributed by atoms with E-state index in [4.69, 9.17) is 9.84 Å². The van der Waals surface area contributed by atoms with Crippen molar-refractivity contribution in [1.82, 2.24) is 10.2 Å². The van der Waals surface area contributed by atoms with E-state index in [0.29, 0.717) is 6.54 Å². The third kappa shape index (κ3) is 3.77. The summed E-state index contributed by atoms with van der Waals surface area (Å²) >= 11 is 0. The first-order valence-electron chi connectivity index (χ1n) is 5.20. The van der Waals surface area contributed by atoms with Gasteiger partial charge in [-0.25, -0.2) is 0 Å². The summed E-state index contributed by atoms with van der Waals surface area (Å²) in [5.74, 6) is -0.0935. The van der Waals surface area contributed by atoms with Gasteiger partial charge in [-0.05, 0) is 13.8 Å². The summed E-state index contributed by atoms with van der Waals surface area (Å²) in [4.78, 5) is 13.0. The molecule has 1 unspecified atom stereocenters. The van der Waals surface area contributed by atoms with Gasteiger partial charge in [-0.3, -0.25) is 4.79 Å². The van der Waals surface area contributed by atoms with Gasteiger partial charge in [-0.2, -0.15) is 0 Å². The number of ether oxygens (including phenoxy) is 1. The summed E-state index contributed by atoms with van der Waals surface area (Å²) in [5, 5.41) is 12.2. The Labute approximate surface area is 90.4 Å². The average molecular weight is 216 g/mol. The van der Waals surface area contributed by atoms with E-state index in [1.807, 2.05) is 6.92 Å². The third-order valence-electron chi connectivity index (χ3n) is 2.51. The minimum atomic E-state index is -0.500. The zero-order valence-corrected chi connectivity index (χ0v) is 9.62. The van der Waals surface area contributed by atoms with E-state index in [0.717, 1.165) is 13.1 Å². The maximum absolute atomic E-state index is 11.5. The SMILES string of the molecule is CC(O)CN(C)C(=O)COC1(C)CNC1. The second-order valence-electron chi connectivity index (χ2n) is 4.47. The number of nitrogens with one attached hydrogen (secondary N) is 1. The van der Waals surface area contributed by atoms with Gasteiger partial charge in [0.25, 0.3) is 0 Å². The molecule has 0 aliphatic carbocycles. The van der Waals surface area contributed by atoms with Crippen LogP contribution in [0.3, 0.4) is 0 Å². The Morgan fingerprint density at radius 3 is 2.67 bits per heavy atom. The van der Waals surface area contributed by atoms with Crippen molar-refractivity contribution in [2.75, 3.05) is 33.3 Å². The third-order valence-corrected chi connectivity index (χ3v) is 2.51. The lowest BCUT2D eigenvalue weighted by atomic mass is 10.0. The molecular formula is C10H20N2O3. The maximum atomic E-state index is 11.5. The summed E-state index contributed by atoms with van der Waals surface area (Å²) in [6.45, 7) is 5.65. The number of amides is 1. The van der Waals surface area contributed by atoms with Crippen LogP contribution in [0.4, 0.5) is 0 Å². The van der Waals surface area contributed by atoms with Crippen LogP contribution >= 0.6 is 0 Å². The molecule has 5 nitrogen and oxygen atoms in total. The largest absolute Gasteiger partial charge is 0.392 e. The van der Waals surface area contributed by atoms with Crippen LogP contribution in [0, 0.1) is 0 Å². The zero-order chi connectivity index (χ0) is 11.5. The summed E-state index contributed by atoms with van der Waals surface area (Å²) in [6.07, 6.45) is -0.500. The van der Waals surface area contributed by atoms with E-state index in [9.17, 15) is 4.79 Å². The Morgan fingerprint density at radius 2 is 2.27 bits per heavy atom. The Hall–Kier alpha value is -0.650. The first kappa shape index (κ1) is 12.4. The van der Waals surface area contributed by atoms with Crippen LogP contribution in [-0.4, -0.2) is 60.9 Å². The van der Waals surface area contributed by atoms with Crippen LogP contribution in [0.15, 0.2) is 0 Å². The van der Waals surface area contributed by atoms with Gasteiger partial charge >= 0.3 is 0 Å². The first-order valence-corrected chi connectivity index (χ1v) is 5.20. The molecule has 1 atom stereocenters. The average Bonchev–Trinajstić information content (AvgIpc) is 2.10. The Kier molecular flexibility index (Phi) is 4.07. The predicted octanol–water partition coefficient (Wildman–Crippen LogP) is -0.796. The molecule has 88 valence electrons. The molecule has 0 aromatic heterocycles. The van der Waals surface area contributed by atoms with Crippen molar-refractivity contribution in [3.8, 4) is 0 Å². The van der Waals surface area contributed by atoms with Gasteiger partial charge < -0.3 is 20.1 Å². The molecule has 1 heterocycles. The molecular weight excluding hydrogens is 196 g/mol. The highest BCUT2D eigenvalue weighted by molar-refractivity contribution is 5.77. The first-order chi connectivity index (χ1) is 6.93. The fourth-order valence-corrected chi connectivity index (χ4v) is 1.42. The quantitative estimate of drug-likeness (QED) is 0.632. The van der Waals surface area contributed by atoms with Crippen LogP contribution in [0.5, 0.6) is 0 Å². The minimum Gasteiger partial charge on any atom is -0.392 e. The van der Waals surface area contributed by atoms with E-state index < -0.39 is 6.10 Å². The Morgan fingerprint density at radius 1 is 1.67 bits per heavy atom. The molecule has 0 bridgehead atoms. The molecule has 0 aromatic rings. The van der Waals surface area contributed by atoms with Crippen LogP contribution in [-0.2, 0) is 9.53 Å². The predicted molar refractivity (Wildman–Crippen MR) is 56.5 cm³/mol. The van der Waals surface area contributed by atoms with Gasteiger partial charge in [-0.1, -0.05) is 0 Å². The van der Waals surface area contributed by atoms with E-state index in [1.165, 1.54) is 4.90 Å². The van der Waals surface area contributed by atoms with Gasteiger partial charge in [0.1, 0.15) is 6.61 Å². The second-order valence-corrected chi connectivity index (χ2v) is 4.47. The van der Waals surface area contributed by atoms with E-state index in [1.54, 1.807) is 14.0 Å². The Balaban J connectivity index is 2.23. The van der Waals surface area contributed by atoms with Crippen molar-refractivity contribution in [1.29, 1.82) is 0 Å². The molecule has 1 fully saturated rings. The summed E-state index contributed by atoms with van der Waals surface area (Å²) in [5.41, 5.74) is -0.193. The monoisotopic (exact) mass is 216 g/mol. The van der Waals surface area contributed by atoms with Crippen LogP contribution in [0.2, 0.25) is 0 Å². The van der Waals surface area contributed by atoms with Gasteiger partial charge in [-0.15, -0.1) is 0 Å². The highest BCUT2D eigenvalue weighted by atomic mass is 16.5. The van der Waals surface area contributed by atoms with Crippen LogP contribution in [0.25, 0.3) is 0 Å². The normalized spacial score (nSPS) is 20.5. The summed E-state index contributed by atoms with van der Waals surface area (Å²) in [7, 11) is 1.67. The molecule has 0 saturated carbocycles. The topological polar surface area (TPSA) is 61.8 Å². The van der Waals surface area contributed by atoms with Crippen molar-refractivity contribution in [3.05, 3.63) is 0 Å². The highest BCUT2D eigenvalue weighted by Crippen LogP contribution is 2.14. The number of hydrogen-bond donors (Lipinski definition) is 2. The molecule has 1 amide bonds. The summed E-state index contributed by atoms with van der Waals surface area (Å²) in [6, 6.07) is 0. The lowest BCUT2D eigenvalue weighted by molar-refractivity contribution is -0.145. The van der Waals surface area contributed by atoms with E-state index in [-0.39, 0.29) is 18.1 Å². The minimum absolute atomic E-state index is 0.0847. The van der Waals surface area contributed by atoms with Crippen molar-refractivity contribution in [2.45, 2.75) is 25.6 Å². The number of likely N-dealkylation sites (N-methyl/N-ethyl adjacent to an activating group) is 1. The number of nitrogens with zero attached hydrogens (tertiary/aromatic N) is 1. The second kappa shape index (κ2) is 4.92. The summed E-state index contributed by atoms with van der Waals surface area (Å²) < 4.78 is 5.49. The molecule has 5 heteroatoms. The zero-order valence-electron chi connectivity index (χ0n) is 9.62. The molecule has 1 rings (SSSR count). The van der Waals surface area contributed by atoms with Gasteiger partial charge in [0, 0.05) is 26.7 Å². The Bertz CT molecular complexity index is 227. The standard InChI is InChI=1S/C10H20N2O3/c1-8(13)4-12(3)9(14)5-15-10(2)6-11-7-10/h8,11,13H,4-7H2,1-3H3. The van der Waals surface area contributed by atoms with E-state index >= 15 is 0 Å². The molecule has 1 aliphatic heterocycles. The molecule has 1 saturated heterocycles. The highest BCUT2D eigenvalue weighted by Gasteiger charge is 2.33. The molecule has 0 radical (unpaired) electrons. The fraction of sp³-hybridized carbons (Fsp3) is 0.900. The van der Waals surface area contributed by atoms with Crippen LogP contribution in [0.1, 0.15) is 13.8 Å². The lowest BCUT2D eigenvalue weighted by Gasteiger charge is -2.39. The van der Waals surface area contributed by atoms with Gasteiger partial charge in [0.2, 0.25) is 5.91 Å². The van der Waals surface area contributed by atoms with Crippen molar-refractivity contribution < 1.29 is 14.6 Å². The van der Waals surface area contributed by atoms with Crippen molar-refractivity contribution in [2.24, 2.45) is 0 Å². The molecule has 0 aromatic carbocycles. The smallest absolute Gasteiger partial charge is 0.248 e. The number of hydrogen-bond acceptors (Lipinski definition) is 4. The van der Waals surface area contributed by atoms with Gasteiger partial charge in [0.15, 0.2) is 0 Å². The number of aliphatic hydroxyl groups is 1. The molecule has 2 N–H and O–H groups in total. The number of carbonyl (C=O) groups excluding carboxylic acids is 1. The number of carbonyl (C=O) groups is 1. The van der Waals surface area contributed by atoms with Crippen molar-refractivity contribution in [3.63, 3.8) is 0 Å². The molecule has 0 spiro atoms. The molecule has 1 aliphatic rings. The fourth-order valence-electron chi connectivity index (χ4n) is 1.42. The van der Waals surface area contributed by atoms with Crippen molar-refractivity contribution >= 4 is 5.91 Å². The maximum Gasteiger partial charge on any atom is 0.248 e. The number of rotatable bonds is 5.